The number of hydrogen-bond acceptors (Lipinski definition) is 6. The molecule has 0 amide bonds. The summed E-state index contributed by atoms with van der Waals surface area (Å²) < 4.78 is 30.7. The molecule has 0 saturated carbocycles. The highest BCUT2D eigenvalue weighted by atomic mass is 19.1. The maximum absolute atomic E-state index is 14.4. The third-order valence-electron chi connectivity index (χ3n) is 3.87. The van der Waals surface area contributed by atoms with Gasteiger partial charge in [0.2, 0.25) is 0 Å². The first-order chi connectivity index (χ1) is 12.1. The second kappa shape index (κ2) is 8.80. The molecule has 1 aromatic carbocycles. The molecule has 1 aliphatic heterocycles. The van der Waals surface area contributed by atoms with Gasteiger partial charge in [0.15, 0.2) is 0 Å². The van der Waals surface area contributed by atoms with Crippen LogP contribution in [0.2, 0.25) is 0 Å². The molecule has 25 heavy (non-hydrogen) atoms. The van der Waals surface area contributed by atoms with Gasteiger partial charge in [-0.2, -0.15) is 0 Å². The third kappa shape index (κ3) is 4.28. The van der Waals surface area contributed by atoms with Crippen molar-refractivity contribution < 1.29 is 18.3 Å². The van der Waals surface area contributed by atoms with Gasteiger partial charge in [0.05, 0.1) is 25.9 Å². The molecular weight excluding hydrogens is 325 g/mol. The van der Waals surface area contributed by atoms with Gasteiger partial charge in [0, 0.05) is 13.1 Å². The molecule has 0 radical (unpaired) electrons. The summed E-state index contributed by atoms with van der Waals surface area (Å²) in [6.07, 6.45) is 0. The zero-order valence-corrected chi connectivity index (χ0v) is 15.5. The highest BCUT2D eigenvalue weighted by Gasteiger charge is 2.21. The van der Waals surface area contributed by atoms with Crippen LogP contribution in [0.15, 0.2) is 16.5 Å². The van der Waals surface area contributed by atoms with Crippen molar-refractivity contribution in [3.63, 3.8) is 0 Å². The van der Waals surface area contributed by atoms with E-state index in [4.69, 9.17) is 13.9 Å². The Kier molecular flexibility index (Phi) is 6.75. The van der Waals surface area contributed by atoms with E-state index in [2.05, 4.69) is 10.2 Å². The maximum atomic E-state index is 14.4. The van der Waals surface area contributed by atoms with Crippen LogP contribution in [0.3, 0.4) is 0 Å². The van der Waals surface area contributed by atoms with E-state index in [-0.39, 0.29) is 17.4 Å². The Bertz CT molecular complexity index is 682. The van der Waals surface area contributed by atoms with E-state index in [1.54, 1.807) is 13.2 Å². The molecule has 0 N–H and O–H groups in total. The number of morpholine rings is 1. The van der Waals surface area contributed by atoms with Gasteiger partial charge in [-0.05, 0) is 23.6 Å². The lowest BCUT2D eigenvalue weighted by Crippen LogP contribution is -2.36. The van der Waals surface area contributed by atoms with Gasteiger partial charge in [-0.3, -0.25) is 0 Å². The van der Waals surface area contributed by atoms with Gasteiger partial charge >= 0.3 is 6.01 Å². The molecule has 0 spiro atoms. The molecule has 0 unspecified atom stereocenters. The van der Waals surface area contributed by atoms with E-state index in [0.717, 1.165) is 5.56 Å². The average Bonchev–Trinajstić information content (AvgIpc) is 3.13. The van der Waals surface area contributed by atoms with Crippen LogP contribution in [0.1, 0.15) is 39.2 Å². The lowest BCUT2D eigenvalue weighted by Gasteiger charge is -2.24. The normalized spacial score (nSPS) is 14.3. The van der Waals surface area contributed by atoms with Crippen LogP contribution in [-0.4, -0.2) is 43.6 Å². The molecule has 2 heterocycles. The Hall–Kier alpha value is -2.15. The number of halogens is 1. The zero-order chi connectivity index (χ0) is 18.4. The van der Waals surface area contributed by atoms with Crippen molar-refractivity contribution in [1.29, 1.82) is 0 Å². The molecule has 1 aliphatic rings. The van der Waals surface area contributed by atoms with Crippen molar-refractivity contribution in [3.05, 3.63) is 23.5 Å². The highest BCUT2D eigenvalue weighted by molar-refractivity contribution is 5.60. The summed E-state index contributed by atoms with van der Waals surface area (Å²) in [7, 11) is 1.57. The zero-order valence-electron chi connectivity index (χ0n) is 15.5. The summed E-state index contributed by atoms with van der Waals surface area (Å²) >= 11 is 0. The number of ether oxygens (including phenoxy) is 2. The Morgan fingerprint density at radius 2 is 1.84 bits per heavy atom. The smallest absolute Gasteiger partial charge is 0.318 e. The van der Waals surface area contributed by atoms with Crippen LogP contribution < -0.4 is 9.64 Å². The van der Waals surface area contributed by atoms with Crippen molar-refractivity contribution in [2.45, 2.75) is 33.6 Å². The first-order valence-electron chi connectivity index (χ1n) is 8.64. The fourth-order valence-corrected chi connectivity index (χ4v) is 2.57. The van der Waals surface area contributed by atoms with Gasteiger partial charge in [0.1, 0.15) is 11.6 Å². The summed E-state index contributed by atoms with van der Waals surface area (Å²) in [5.74, 6) is 0.520. The van der Waals surface area contributed by atoms with E-state index in [9.17, 15) is 4.39 Å². The molecule has 0 bridgehead atoms. The molecule has 2 aromatic rings. The van der Waals surface area contributed by atoms with E-state index in [1.807, 2.05) is 32.6 Å². The van der Waals surface area contributed by atoms with E-state index in [0.29, 0.717) is 38.1 Å². The molecule has 6 nitrogen and oxygen atoms in total. The van der Waals surface area contributed by atoms with Gasteiger partial charge < -0.3 is 18.8 Å². The van der Waals surface area contributed by atoms with Crippen molar-refractivity contribution in [2.24, 2.45) is 0 Å². The maximum Gasteiger partial charge on any atom is 0.318 e. The minimum Gasteiger partial charge on any atom is -0.496 e. The molecule has 0 atom stereocenters. The summed E-state index contributed by atoms with van der Waals surface area (Å²) in [6.45, 7) is 10.6. The van der Waals surface area contributed by atoms with Crippen LogP contribution in [-0.2, 0) is 4.74 Å². The van der Waals surface area contributed by atoms with Crippen molar-refractivity contribution >= 4 is 6.01 Å². The van der Waals surface area contributed by atoms with Gasteiger partial charge in [-0.25, -0.2) is 4.39 Å². The summed E-state index contributed by atoms with van der Waals surface area (Å²) in [4.78, 5) is 1.93. The topological polar surface area (TPSA) is 60.6 Å². The monoisotopic (exact) mass is 351 g/mol. The predicted octanol–water partition coefficient (Wildman–Crippen LogP) is 3.87. The van der Waals surface area contributed by atoms with E-state index < -0.39 is 5.82 Å². The number of anilines is 1. The van der Waals surface area contributed by atoms with Crippen LogP contribution in [0.5, 0.6) is 5.75 Å². The lowest BCUT2D eigenvalue weighted by atomic mass is 9.99. The first kappa shape index (κ1) is 19.2. The Morgan fingerprint density at radius 1 is 1.16 bits per heavy atom. The van der Waals surface area contributed by atoms with Crippen LogP contribution in [0.4, 0.5) is 10.4 Å². The minimum absolute atomic E-state index is 0.151. The number of aromatic nitrogens is 2. The lowest BCUT2D eigenvalue weighted by molar-refractivity contribution is 0.120. The highest BCUT2D eigenvalue weighted by Crippen LogP contribution is 2.34. The second-order valence-corrected chi connectivity index (χ2v) is 5.72. The minimum atomic E-state index is -0.397. The van der Waals surface area contributed by atoms with Crippen molar-refractivity contribution in [3.8, 4) is 17.2 Å². The fourth-order valence-electron chi connectivity index (χ4n) is 2.57. The Balaban J connectivity index is 0.00000109. The molecule has 138 valence electrons. The van der Waals surface area contributed by atoms with E-state index in [1.165, 1.54) is 6.07 Å². The SMILES string of the molecule is CC.COc1cc(-c2nnc(N3CCOCC3)o2)c(F)cc1C(C)C. The van der Waals surface area contributed by atoms with Gasteiger partial charge in [-0.1, -0.05) is 32.8 Å². The van der Waals surface area contributed by atoms with Crippen LogP contribution >= 0.6 is 0 Å². The first-order valence-corrected chi connectivity index (χ1v) is 8.64. The fraction of sp³-hybridized carbons (Fsp3) is 0.556. The molecule has 7 heteroatoms. The number of benzene rings is 1. The molecule has 3 rings (SSSR count). The molecule has 0 aliphatic carbocycles. The molecule has 1 saturated heterocycles. The largest absolute Gasteiger partial charge is 0.496 e. The molecule has 1 fully saturated rings. The van der Waals surface area contributed by atoms with Crippen molar-refractivity contribution in [2.75, 3.05) is 38.3 Å². The number of rotatable bonds is 4. The standard InChI is InChI=1S/C16H20FN3O3.C2H6/c1-10(2)11-8-13(17)12(9-14(11)21-3)15-18-19-16(23-15)20-4-6-22-7-5-20;1-2/h8-10H,4-7H2,1-3H3;1-2H3. The van der Waals surface area contributed by atoms with Crippen LogP contribution in [0.25, 0.3) is 11.5 Å². The molecule has 1 aromatic heterocycles. The average molecular weight is 351 g/mol. The summed E-state index contributed by atoms with van der Waals surface area (Å²) in [6, 6.07) is 3.47. The second-order valence-electron chi connectivity index (χ2n) is 5.72. The summed E-state index contributed by atoms with van der Waals surface area (Å²) in [5.41, 5.74) is 1.06. The number of hydrogen-bond donors (Lipinski definition) is 0. The van der Waals surface area contributed by atoms with Gasteiger partial charge in [0.25, 0.3) is 5.89 Å². The van der Waals surface area contributed by atoms with Gasteiger partial charge in [-0.15, -0.1) is 5.10 Å². The Labute approximate surface area is 147 Å². The number of nitrogens with zero attached hydrogens (tertiary/aromatic N) is 3. The molecular formula is C18H26FN3O3. The van der Waals surface area contributed by atoms with E-state index >= 15 is 0 Å². The quantitative estimate of drug-likeness (QED) is 0.833. The summed E-state index contributed by atoms with van der Waals surface area (Å²) in [5, 5.41) is 7.99. The number of methoxy groups -OCH3 is 1. The van der Waals surface area contributed by atoms with Crippen LogP contribution in [0, 0.1) is 5.82 Å². The Morgan fingerprint density at radius 3 is 2.44 bits per heavy atom. The van der Waals surface area contributed by atoms with Crippen molar-refractivity contribution in [1.82, 2.24) is 10.2 Å². The predicted molar refractivity (Wildman–Crippen MR) is 94.7 cm³/mol. The third-order valence-corrected chi connectivity index (χ3v) is 3.87.